The maximum atomic E-state index is 12.4. The molecule has 0 bridgehead atoms. The van der Waals surface area contributed by atoms with Crippen LogP contribution in [0, 0.1) is 0 Å². The van der Waals surface area contributed by atoms with Gasteiger partial charge in [-0.1, -0.05) is 41.4 Å². The first-order valence-corrected chi connectivity index (χ1v) is 11.3. The highest BCUT2D eigenvalue weighted by atomic mass is 35.5. The number of rotatable bonds is 8. The number of aliphatic hydroxyl groups excluding tert-OH is 1. The maximum Gasteiger partial charge on any atom is 0.319 e. The summed E-state index contributed by atoms with van der Waals surface area (Å²) < 4.78 is 11.1. The minimum atomic E-state index is -0.616. The van der Waals surface area contributed by atoms with Gasteiger partial charge < -0.3 is 30.5 Å². The lowest BCUT2D eigenvalue weighted by atomic mass is 9.97. The Morgan fingerprint density at radius 3 is 2.67 bits per heavy atom. The van der Waals surface area contributed by atoms with Crippen molar-refractivity contribution in [2.24, 2.45) is 0 Å². The molecule has 1 aliphatic heterocycles. The van der Waals surface area contributed by atoms with E-state index in [0.29, 0.717) is 40.9 Å². The Morgan fingerprint density at radius 2 is 1.94 bits per heavy atom. The lowest BCUT2D eigenvalue weighted by Gasteiger charge is -2.36. The summed E-state index contributed by atoms with van der Waals surface area (Å²) in [6.07, 6.45) is 0.310. The number of anilines is 1. The first-order chi connectivity index (χ1) is 15.9. The monoisotopic (exact) mass is 495 g/mol. The number of hydrogen-bond acceptors (Lipinski definition) is 5. The van der Waals surface area contributed by atoms with Gasteiger partial charge in [-0.2, -0.15) is 0 Å². The Balaban J connectivity index is 1.46. The summed E-state index contributed by atoms with van der Waals surface area (Å²) in [5.41, 5.74) is 1.37. The minimum absolute atomic E-state index is 0.151. The molecule has 1 aliphatic rings. The molecule has 10 heteroatoms. The number of methoxy groups -OCH3 is 1. The molecule has 0 spiro atoms. The van der Waals surface area contributed by atoms with Crippen LogP contribution >= 0.6 is 23.2 Å². The lowest BCUT2D eigenvalue weighted by Crippen LogP contribution is -2.52. The molecule has 3 rings (SSSR count). The average molecular weight is 496 g/mol. The van der Waals surface area contributed by atoms with E-state index in [0.717, 1.165) is 5.56 Å². The predicted octanol–water partition coefficient (Wildman–Crippen LogP) is 3.74. The second-order valence-corrected chi connectivity index (χ2v) is 8.51. The Hall–Kier alpha value is -2.52. The number of halogens is 2. The van der Waals surface area contributed by atoms with Crippen LogP contribution in [0.4, 0.5) is 10.5 Å². The Kier molecular flexibility index (Phi) is 9.20. The van der Waals surface area contributed by atoms with Crippen molar-refractivity contribution in [1.29, 1.82) is 0 Å². The standard InChI is InChI=1S/C23H27Cl2N3O5/c1-32-20-5-3-2-4-18(20)27-23(31)28-19-9-7-15(33-21(19)13-29)11-22(30)26-12-14-6-8-16(24)17(25)10-14/h2-6,8,10,15,19,21,29H,7,9,11-13H2,1H3,(H,26,30)(H2,27,28,31)/t15-,19+,21-/m0/s1. The molecule has 0 saturated carbocycles. The van der Waals surface area contributed by atoms with Crippen LogP contribution in [0.1, 0.15) is 24.8 Å². The zero-order chi connectivity index (χ0) is 23.8. The molecule has 1 saturated heterocycles. The third kappa shape index (κ3) is 7.23. The zero-order valence-electron chi connectivity index (χ0n) is 18.1. The van der Waals surface area contributed by atoms with Crippen LogP contribution in [0.25, 0.3) is 0 Å². The number of urea groups is 1. The van der Waals surface area contributed by atoms with Crippen molar-refractivity contribution in [3.8, 4) is 5.75 Å². The van der Waals surface area contributed by atoms with Crippen LogP contribution in [0.2, 0.25) is 10.0 Å². The van der Waals surface area contributed by atoms with Gasteiger partial charge in [0.05, 0.1) is 48.0 Å². The first kappa shape index (κ1) is 25.1. The molecule has 1 heterocycles. The van der Waals surface area contributed by atoms with Crippen molar-refractivity contribution >= 4 is 40.8 Å². The fourth-order valence-corrected chi connectivity index (χ4v) is 3.97. The summed E-state index contributed by atoms with van der Waals surface area (Å²) in [5, 5.41) is 19.1. The SMILES string of the molecule is COc1ccccc1NC(=O)N[C@@H]1CC[C@@H](CC(=O)NCc2ccc(Cl)c(Cl)c2)O[C@H]1CO. The third-order valence-electron chi connectivity index (χ3n) is 5.35. The highest BCUT2D eigenvalue weighted by Gasteiger charge is 2.33. The van der Waals surface area contributed by atoms with Crippen LogP contribution in [0.3, 0.4) is 0 Å². The van der Waals surface area contributed by atoms with E-state index in [4.69, 9.17) is 32.7 Å². The first-order valence-electron chi connectivity index (χ1n) is 10.6. The Labute approximate surface area is 202 Å². The molecular weight excluding hydrogens is 469 g/mol. The molecule has 0 aliphatic carbocycles. The molecule has 2 aromatic carbocycles. The van der Waals surface area contributed by atoms with Gasteiger partial charge in [0.15, 0.2) is 0 Å². The molecular formula is C23H27Cl2N3O5. The van der Waals surface area contributed by atoms with Crippen molar-refractivity contribution in [2.75, 3.05) is 19.0 Å². The molecule has 178 valence electrons. The van der Waals surface area contributed by atoms with E-state index in [1.807, 2.05) is 0 Å². The predicted molar refractivity (Wildman–Crippen MR) is 127 cm³/mol. The number of nitrogens with one attached hydrogen (secondary N) is 3. The van der Waals surface area contributed by atoms with Crippen LogP contribution in [0.15, 0.2) is 42.5 Å². The van der Waals surface area contributed by atoms with Crippen molar-refractivity contribution in [1.82, 2.24) is 10.6 Å². The summed E-state index contributed by atoms with van der Waals surface area (Å²) in [6, 6.07) is 11.4. The molecule has 3 amide bonds. The van der Waals surface area contributed by atoms with E-state index in [2.05, 4.69) is 16.0 Å². The number of hydrogen-bond donors (Lipinski definition) is 4. The van der Waals surface area contributed by atoms with E-state index in [1.54, 1.807) is 42.5 Å². The number of benzene rings is 2. The van der Waals surface area contributed by atoms with Gasteiger partial charge in [0, 0.05) is 6.54 Å². The zero-order valence-corrected chi connectivity index (χ0v) is 19.7. The average Bonchev–Trinajstić information content (AvgIpc) is 2.81. The number of ether oxygens (including phenoxy) is 2. The Bertz CT molecular complexity index is 975. The van der Waals surface area contributed by atoms with E-state index < -0.39 is 12.1 Å². The molecule has 0 unspecified atom stereocenters. The molecule has 0 aromatic heterocycles. The van der Waals surface area contributed by atoms with Gasteiger partial charge in [-0.15, -0.1) is 0 Å². The quantitative estimate of drug-likeness (QED) is 0.446. The largest absolute Gasteiger partial charge is 0.495 e. The Morgan fingerprint density at radius 1 is 1.15 bits per heavy atom. The number of carbonyl (C=O) groups excluding carboxylic acids is 2. The van der Waals surface area contributed by atoms with Gasteiger partial charge in [-0.3, -0.25) is 4.79 Å². The van der Waals surface area contributed by atoms with E-state index in [-0.39, 0.29) is 31.1 Å². The van der Waals surface area contributed by atoms with Crippen molar-refractivity contribution in [2.45, 2.75) is 44.1 Å². The summed E-state index contributed by atoms with van der Waals surface area (Å²) in [4.78, 5) is 24.8. The van der Waals surface area contributed by atoms with E-state index in [9.17, 15) is 14.7 Å². The number of amides is 3. The molecule has 1 fully saturated rings. The smallest absolute Gasteiger partial charge is 0.319 e. The highest BCUT2D eigenvalue weighted by molar-refractivity contribution is 6.42. The molecule has 2 aromatic rings. The molecule has 4 N–H and O–H groups in total. The second-order valence-electron chi connectivity index (χ2n) is 7.69. The van der Waals surface area contributed by atoms with Gasteiger partial charge in [0.1, 0.15) is 11.9 Å². The second kappa shape index (κ2) is 12.1. The topological polar surface area (TPSA) is 109 Å². The van der Waals surface area contributed by atoms with Gasteiger partial charge >= 0.3 is 6.03 Å². The van der Waals surface area contributed by atoms with Crippen LogP contribution < -0.4 is 20.7 Å². The number of aliphatic hydroxyl groups is 1. The molecule has 33 heavy (non-hydrogen) atoms. The van der Waals surface area contributed by atoms with Crippen molar-refractivity contribution in [3.63, 3.8) is 0 Å². The number of carbonyl (C=O) groups is 2. The van der Waals surface area contributed by atoms with Gasteiger partial charge in [0.25, 0.3) is 0 Å². The summed E-state index contributed by atoms with van der Waals surface area (Å²) in [6.45, 7) is 0.0418. The lowest BCUT2D eigenvalue weighted by molar-refractivity contribution is -0.130. The van der Waals surface area contributed by atoms with Crippen LogP contribution in [-0.2, 0) is 16.1 Å². The van der Waals surface area contributed by atoms with Gasteiger partial charge in [0.2, 0.25) is 5.91 Å². The van der Waals surface area contributed by atoms with Crippen LogP contribution in [-0.4, -0.2) is 49.0 Å². The number of para-hydroxylation sites is 2. The van der Waals surface area contributed by atoms with Crippen molar-refractivity contribution < 1.29 is 24.2 Å². The maximum absolute atomic E-state index is 12.4. The summed E-state index contributed by atoms with van der Waals surface area (Å²) >= 11 is 11.9. The molecule has 8 nitrogen and oxygen atoms in total. The summed E-state index contributed by atoms with van der Waals surface area (Å²) in [7, 11) is 1.52. The minimum Gasteiger partial charge on any atom is -0.495 e. The van der Waals surface area contributed by atoms with E-state index >= 15 is 0 Å². The fraction of sp³-hybridized carbons (Fsp3) is 0.391. The third-order valence-corrected chi connectivity index (χ3v) is 6.09. The molecule has 0 radical (unpaired) electrons. The van der Waals surface area contributed by atoms with Gasteiger partial charge in [-0.05, 0) is 42.7 Å². The van der Waals surface area contributed by atoms with Crippen molar-refractivity contribution in [3.05, 3.63) is 58.1 Å². The fourth-order valence-electron chi connectivity index (χ4n) is 3.65. The summed E-state index contributed by atoms with van der Waals surface area (Å²) in [5.74, 6) is 0.362. The van der Waals surface area contributed by atoms with Crippen LogP contribution in [0.5, 0.6) is 5.75 Å². The van der Waals surface area contributed by atoms with E-state index in [1.165, 1.54) is 7.11 Å². The highest BCUT2D eigenvalue weighted by Crippen LogP contribution is 2.25. The molecule has 3 atom stereocenters. The van der Waals surface area contributed by atoms with Gasteiger partial charge in [-0.25, -0.2) is 4.79 Å². The normalized spacial score (nSPS) is 20.1.